The molecular formula is C27H44N2O7S. The largest absolute Gasteiger partial charge is 0.481 e. The van der Waals surface area contributed by atoms with Crippen molar-refractivity contribution in [2.24, 2.45) is 0 Å². The number of thioether (sulfide) groups is 1. The molecule has 37 heavy (non-hydrogen) atoms. The van der Waals surface area contributed by atoms with Gasteiger partial charge in [0.1, 0.15) is 17.7 Å². The quantitative estimate of drug-likeness (QED) is 0.157. The minimum atomic E-state index is -1.47. The van der Waals surface area contributed by atoms with Gasteiger partial charge in [0.25, 0.3) is 0 Å². The fourth-order valence-electron chi connectivity index (χ4n) is 3.01. The third kappa shape index (κ3) is 19.1. The zero-order chi connectivity index (χ0) is 28.6. The van der Waals surface area contributed by atoms with Crippen molar-refractivity contribution in [1.29, 1.82) is 0 Å². The number of rotatable bonds is 16. The molecule has 0 bridgehead atoms. The summed E-state index contributed by atoms with van der Waals surface area (Å²) in [4.78, 5) is 47.4. The maximum absolute atomic E-state index is 12.6. The Morgan fingerprint density at radius 1 is 0.865 bits per heavy atom. The van der Waals surface area contributed by atoms with Crippen LogP contribution in [0.1, 0.15) is 80.6 Å². The van der Waals surface area contributed by atoms with Crippen molar-refractivity contribution in [3.8, 4) is 0 Å². The molecule has 0 saturated carbocycles. The highest BCUT2D eigenvalue weighted by molar-refractivity contribution is 7.99. The lowest BCUT2D eigenvalue weighted by Crippen LogP contribution is -2.53. The van der Waals surface area contributed by atoms with Crippen LogP contribution in [-0.4, -0.2) is 63.3 Å². The third-order valence-corrected chi connectivity index (χ3v) is 5.93. The molecule has 0 heterocycles. The number of alkyl carbamates (subject to hydrolysis) is 1. The molecule has 0 fully saturated rings. The highest BCUT2D eigenvalue weighted by atomic mass is 32.2. The fourth-order valence-corrected chi connectivity index (χ4v) is 4.01. The number of carboxylic acid groups (broad SMARTS) is 2. The smallest absolute Gasteiger partial charge is 0.408 e. The van der Waals surface area contributed by atoms with E-state index in [9.17, 15) is 24.3 Å². The number of hydrogen-bond acceptors (Lipinski definition) is 6. The van der Waals surface area contributed by atoms with Crippen molar-refractivity contribution in [2.75, 3.05) is 11.5 Å². The van der Waals surface area contributed by atoms with Gasteiger partial charge in [0.05, 0.1) is 6.42 Å². The van der Waals surface area contributed by atoms with Gasteiger partial charge in [0, 0.05) is 11.5 Å². The summed E-state index contributed by atoms with van der Waals surface area (Å²) in [5.41, 5.74) is 3.04. The molecule has 0 radical (unpaired) electrons. The predicted molar refractivity (Wildman–Crippen MR) is 148 cm³/mol. The minimum Gasteiger partial charge on any atom is -0.481 e. The molecule has 0 aromatic rings. The third-order valence-electron chi connectivity index (χ3n) is 4.96. The topological polar surface area (TPSA) is 142 Å². The molecule has 0 unspecified atom stereocenters. The molecule has 0 rings (SSSR count). The fraction of sp³-hybridized carbons (Fsp3) is 0.630. The van der Waals surface area contributed by atoms with E-state index in [1.165, 1.54) is 28.5 Å². The molecule has 9 nitrogen and oxygen atoms in total. The number of nitrogens with one attached hydrogen (secondary N) is 2. The Hall–Kier alpha value is -2.75. The Morgan fingerprint density at radius 3 is 1.95 bits per heavy atom. The van der Waals surface area contributed by atoms with E-state index < -0.39 is 48.0 Å². The van der Waals surface area contributed by atoms with Crippen LogP contribution in [-0.2, 0) is 19.1 Å². The summed E-state index contributed by atoms with van der Waals surface area (Å²) in [5, 5.41) is 23.1. The molecule has 210 valence electrons. The van der Waals surface area contributed by atoms with E-state index in [0.29, 0.717) is 5.75 Å². The van der Waals surface area contributed by atoms with Gasteiger partial charge in [-0.15, -0.1) is 0 Å². The van der Waals surface area contributed by atoms with Crippen molar-refractivity contribution in [2.45, 2.75) is 98.3 Å². The average Bonchev–Trinajstić information content (AvgIpc) is 2.73. The summed E-state index contributed by atoms with van der Waals surface area (Å²) in [7, 11) is 0. The van der Waals surface area contributed by atoms with Crippen LogP contribution in [0.25, 0.3) is 0 Å². The first-order valence-corrected chi connectivity index (χ1v) is 13.5. The van der Waals surface area contributed by atoms with E-state index in [-0.39, 0.29) is 5.75 Å². The van der Waals surface area contributed by atoms with E-state index in [1.54, 1.807) is 20.8 Å². The second-order valence-corrected chi connectivity index (χ2v) is 11.3. The van der Waals surface area contributed by atoms with E-state index in [2.05, 4.69) is 43.6 Å². The van der Waals surface area contributed by atoms with E-state index in [4.69, 9.17) is 9.84 Å². The SMILES string of the molecule is CC(C)=CCC/C(C)=C/CC/C(C)=C/CSC[C@H](NC(=O)[C@H](CC(=O)O)NC(=O)OC(C)(C)C)C(=O)O. The highest BCUT2D eigenvalue weighted by Crippen LogP contribution is 2.13. The van der Waals surface area contributed by atoms with Gasteiger partial charge in [0.15, 0.2) is 0 Å². The molecule has 10 heteroatoms. The summed E-state index contributed by atoms with van der Waals surface area (Å²) in [5.74, 6) is -2.82. The van der Waals surface area contributed by atoms with Gasteiger partial charge >= 0.3 is 18.0 Å². The second kappa shape index (κ2) is 17.7. The van der Waals surface area contributed by atoms with Gasteiger partial charge in [0.2, 0.25) is 5.91 Å². The van der Waals surface area contributed by atoms with Gasteiger partial charge in [-0.2, -0.15) is 11.8 Å². The van der Waals surface area contributed by atoms with Crippen molar-refractivity contribution in [3.63, 3.8) is 0 Å². The molecule has 2 amide bonds. The predicted octanol–water partition coefficient (Wildman–Crippen LogP) is 5.08. The van der Waals surface area contributed by atoms with Crippen LogP contribution in [0.4, 0.5) is 4.79 Å². The van der Waals surface area contributed by atoms with Crippen LogP contribution in [0.5, 0.6) is 0 Å². The van der Waals surface area contributed by atoms with Crippen molar-refractivity contribution < 1.29 is 34.1 Å². The first-order valence-electron chi connectivity index (χ1n) is 12.4. The maximum Gasteiger partial charge on any atom is 0.408 e. The molecule has 0 saturated heterocycles. The molecule has 0 aromatic heterocycles. The zero-order valence-electron chi connectivity index (χ0n) is 23.2. The van der Waals surface area contributed by atoms with E-state index in [1.807, 2.05) is 13.0 Å². The van der Waals surface area contributed by atoms with Crippen LogP contribution >= 0.6 is 11.8 Å². The Morgan fingerprint density at radius 2 is 1.43 bits per heavy atom. The Balaban J connectivity index is 4.78. The van der Waals surface area contributed by atoms with Crippen LogP contribution in [0.15, 0.2) is 34.9 Å². The summed E-state index contributed by atoms with van der Waals surface area (Å²) in [6.07, 6.45) is 8.79. The molecule has 0 aliphatic carbocycles. The van der Waals surface area contributed by atoms with Crippen molar-refractivity contribution in [1.82, 2.24) is 10.6 Å². The Bertz CT molecular complexity index is 868. The standard InChI is InChI=1S/C27H44N2O7S/c1-18(2)10-8-11-19(3)12-9-13-20(4)14-15-37-17-22(25(33)34)28-24(32)21(16-23(30)31)29-26(35)36-27(5,6)7/h10,12,14,21-22H,8-9,11,13,15-17H2,1-7H3,(H,28,32)(H,29,35)(H,30,31)(H,33,34)/b19-12+,20-14+/t21-,22-/m0/s1. The van der Waals surface area contributed by atoms with Crippen LogP contribution in [0.3, 0.4) is 0 Å². The lowest BCUT2D eigenvalue weighted by atomic mass is 10.1. The number of allylic oxidation sites excluding steroid dienone is 5. The Kier molecular flexibility index (Phi) is 16.3. The maximum atomic E-state index is 12.6. The Labute approximate surface area is 225 Å². The number of ether oxygens (including phenoxy) is 1. The number of amides is 2. The first-order chi connectivity index (χ1) is 17.1. The summed E-state index contributed by atoms with van der Waals surface area (Å²) in [6, 6.07) is -2.71. The van der Waals surface area contributed by atoms with E-state index >= 15 is 0 Å². The summed E-state index contributed by atoms with van der Waals surface area (Å²) < 4.78 is 5.07. The normalized spacial score (nSPS) is 13.8. The van der Waals surface area contributed by atoms with Gasteiger partial charge in [-0.25, -0.2) is 9.59 Å². The van der Waals surface area contributed by atoms with Crippen LogP contribution in [0, 0.1) is 0 Å². The van der Waals surface area contributed by atoms with Crippen molar-refractivity contribution in [3.05, 3.63) is 34.9 Å². The number of aliphatic carboxylic acids is 2. The second-order valence-electron chi connectivity index (χ2n) is 10.2. The first kappa shape index (κ1) is 34.2. The molecular weight excluding hydrogens is 496 g/mol. The van der Waals surface area contributed by atoms with Crippen LogP contribution < -0.4 is 10.6 Å². The van der Waals surface area contributed by atoms with E-state index in [0.717, 1.165) is 25.7 Å². The number of carbonyl (C=O) groups excluding carboxylic acids is 2. The van der Waals surface area contributed by atoms with Crippen LogP contribution in [0.2, 0.25) is 0 Å². The molecule has 0 aromatic carbocycles. The summed E-state index contributed by atoms with van der Waals surface area (Å²) >= 11 is 1.34. The zero-order valence-corrected chi connectivity index (χ0v) is 24.0. The summed E-state index contributed by atoms with van der Waals surface area (Å²) in [6.45, 7) is 13.2. The van der Waals surface area contributed by atoms with Gasteiger partial charge < -0.3 is 25.6 Å². The molecule has 0 spiro atoms. The van der Waals surface area contributed by atoms with Gasteiger partial charge in [-0.3, -0.25) is 9.59 Å². The molecule has 4 N–H and O–H groups in total. The van der Waals surface area contributed by atoms with Gasteiger partial charge in [-0.05, 0) is 74.1 Å². The number of carboxylic acids is 2. The molecule has 0 aliphatic heterocycles. The minimum absolute atomic E-state index is 0.0838. The monoisotopic (exact) mass is 540 g/mol. The number of carbonyl (C=O) groups is 4. The lowest BCUT2D eigenvalue weighted by Gasteiger charge is -2.23. The van der Waals surface area contributed by atoms with Crippen molar-refractivity contribution >= 4 is 35.7 Å². The highest BCUT2D eigenvalue weighted by Gasteiger charge is 2.29. The number of hydrogen-bond donors (Lipinski definition) is 4. The molecule has 2 atom stereocenters. The van der Waals surface area contributed by atoms with Gasteiger partial charge in [-0.1, -0.05) is 34.9 Å². The molecule has 0 aliphatic rings. The average molecular weight is 541 g/mol. The lowest BCUT2D eigenvalue weighted by molar-refractivity contribution is -0.142.